The Hall–Kier alpha value is -2.50. The summed E-state index contributed by atoms with van der Waals surface area (Å²) < 4.78 is 5.38. The molecule has 1 fully saturated rings. The minimum Gasteiger partial charge on any atom is -0.449 e. The van der Waals surface area contributed by atoms with Crippen LogP contribution in [0.25, 0.3) is 11.1 Å². The van der Waals surface area contributed by atoms with Gasteiger partial charge in [0.25, 0.3) is 0 Å². The summed E-state index contributed by atoms with van der Waals surface area (Å²) in [6.45, 7) is 8.28. The molecule has 144 valence electrons. The number of fused-ring (bicyclic) bond motifs is 1. The van der Waals surface area contributed by atoms with Crippen LogP contribution in [0.5, 0.6) is 0 Å². The molecular formula is C21H28N4O2. The number of hydrogen-bond acceptors (Lipinski definition) is 4. The Bertz CT molecular complexity index is 787. The number of carbonyl (C=O) groups excluding carboxylic acids is 1. The Morgan fingerprint density at radius 1 is 1.33 bits per heavy atom. The lowest BCUT2D eigenvalue weighted by Crippen LogP contribution is -2.33. The number of hydrogen-bond donors (Lipinski definition) is 1. The minimum absolute atomic E-state index is 0.155. The average molecular weight is 368 g/mol. The zero-order valence-electron chi connectivity index (χ0n) is 16.1. The number of nitrogens with one attached hydrogen (secondary N) is 1. The fraction of sp³-hybridized carbons (Fsp3) is 0.524. The second-order valence-corrected chi connectivity index (χ2v) is 8.10. The second-order valence-electron chi connectivity index (χ2n) is 8.10. The number of nitrogens with zero attached hydrogens (tertiary/aromatic N) is 3. The quantitative estimate of drug-likeness (QED) is 0.877. The summed E-state index contributed by atoms with van der Waals surface area (Å²) >= 11 is 0. The van der Waals surface area contributed by atoms with E-state index in [1.165, 1.54) is 16.8 Å². The van der Waals surface area contributed by atoms with Crippen molar-refractivity contribution in [2.75, 3.05) is 37.7 Å². The van der Waals surface area contributed by atoms with Crippen molar-refractivity contribution in [1.29, 1.82) is 0 Å². The molecule has 2 aromatic rings. The zero-order chi connectivity index (χ0) is 18.8. The number of benzene rings is 1. The molecule has 1 N–H and O–H groups in total. The third kappa shape index (κ3) is 3.94. The molecule has 0 aliphatic carbocycles. The second kappa shape index (κ2) is 7.62. The smallest absolute Gasteiger partial charge is 0.409 e. The molecule has 6 nitrogen and oxygen atoms in total. The molecule has 0 radical (unpaired) electrons. The van der Waals surface area contributed by atoms with Crippen LogP contribution in [0.4, 0.5) is 10.5 Å². The Balaban J connectivity index is 1.35. The molecule has 1 amide bonds. The van der Waals surface area contributed by atoms with E-state index < -0.39 is 0 Å². The molecule has 1 aromatic carbocycles. The van der Waals surface area contributed by atoms with E-state index in [0.717, 1.165) is 44.6 Å². The van der Waals surface area contributed by atoms with Crippen LogP contribution in [0.1, 0.15) is 25.8 Å². The summed E-state index contributed by atoms with van der Waals surface area (Å²) in [5.74, 6) is 0.886. The van der Waals surface area contributed by atoms with Gasteiger partial charge >= 0.3 is 6.09 Å². The van der Waals surface area contributed by atoms with Gasteiger partial charge in [-0.25, -0.2) is 4.79 Å². The minimum atomic E-state index is -0.155. The highest BCUT2D eigenvalue weighted by Gasteiger charge is 2.30. The number of rotatable bonds is 5. The number of H-pyrrole nitrogens is 1. The normalized spacial score (nSPS) is 19.0. The van der Waals surface area contributed by atoms with Crippen molar-refractivity contribution in [3.63, 3.8) is 0 Å². The van der Waals surface area contributed by atoms with Crippen molar-refractivity contribution in [2.24, 2.45) is 11.8 Å². The molecule has 27 heavy (non-hydrogen) atoms. The van der Waals surface area contributed by atoms with E-state index in [4.69, 9.17) is 4.74 Å². The average Bonchev–Trinajstić information content (AvgIpc) is 3.41. The summed E-state index contributed by atoms with van der Waals surface area (Å²) in [5.41, 5.74) is 5.08. The molecule has 1 atom stereocenters. The maximum Gasteiger partial charge on any atom is 0.409 e. The Kier molecular flexibility index (Phi) is 5.05. The lowest BCUT2D eigenvalue weighted by atomic mass is 10.0. The summed E-state index contributed by atoms with van der Waals surface area (Å²) in [6.07, 6.45) is 5.77. The van der Waals surface area contributed by atoms with Crippen LogP contribution >= 0.6 is 0 Å². The van der Waals surface area contributed by atoms with Gasteiger partial charge in [0.05, 0.1) is 12.8 Å². The topological polar surface area (TPSA) is 61.5 Å². The van der Waals surface area contributed by atoms with E-state index in [0.29, 0.717) is 18.4 Å². The third-order valence-corrected chi connectivity index (χ3v) is 5.47. The first-order chi connectivity index (χ1) is 13.1. The molecule has 1 saturated heterocycles. The van der Waals surface area contributed by atoms with Gasteiger partial charge in [0.15, 0.2) is 0 Å². The largest absolute Gasteiger partial charge is 0.449 e. The first-order valence-corrected chi connectivity index (χ1v) is 9.89. The van der Waals surface area contributed by atoms with Crippen molar-refractivity contribution >= 4 is 11.8 Å². The SMILES string of the molecule is CC(C)COC(=O)N1CCC(CN2CCc3cc(-c4cn[nH]c4)ccc32)C1. The summed E-state index contributed by atoms with van der Waals surface area (Å²) in [6, 6.07) is 6.69. The molecule has 6 heteroatoms. The van der Waals surface area contributed by atoms with Gasteiger partial charge in [-0.3, -0.25) is 5.10 Å². The number of likely N-dealkylation sites (tertiary alicyclic amines) is 1. The molecule has 0 bridgehead atoms. The number of ether oxygens (including phenoxy) is 1. The molecule has 4 rings (SSSR count). The summed E-state index contributed by atoms with van der Waals surface area (Å²) in [4.78, 5) is 16.5. The van der Waals surface area contributed by atoms with E-state index in [1.54, 1.807) is 0 Å². The van der Waals surface area contributed by atoms with Crippen LogP contribution in [0.2, 0.25) is 0 Å². The number of anilines is 1. The lowest BCUT2D eigenvalue weighted by molar-refractivity contribution is 0.0984. The van der Waals surface area contributed by atoms with Crippen LogP contribution in [0, 0.1) is 11.8 Å². The predicted octanol–water partition coefficient (Wildman–Crippen LogP) is 3.55. The fourth-order valence-corrected chi connectivity index (χ4v) is 4.04. The van der Waals surface area contributed by atoms with Crippen LogP contribution in [0.3, 0.4) is 0 Å². The summed E-state index contributed by atoms with van der Waals surface area (Å²) in [7, 11) is 0. The highest BCUT2D eigenvalue weighted by atomic mass is 16.6. The van der Waals surface area contributed by atoms with E-state index >= 15 is 0 Å². The van der Waals surface area contributed by atoms with E-state index in [9.17, 15) is 4.79 Å². The Morgan fingerprint density at radius 3 is 3.00 bits per heavy atom. The lowest BCUT2D eigenvalue weighted by Gasteiger charge is -2.24. The first-order valence-electron chi connectivity index (χ1n) is 9.89. The first kappa shape index (κ1) is 17.9. The van der Waals surface area contributed by atoms with E-state index in [1.807, 2.05) is 17.3 Å². The van der Waals surface area contributed by atoms with Gasteiger partial charge in [0.2, 0.25) is 0 Å². The molecule has 0 saturated carbocycles. The van der Waals surface area contributed by atoms with Gasteiger partial charge in [-0.2, -0.15) is 5.10 Å². The van der Waals surface area contributed by atoms with Crippen molar-refractivity contribution in [2.45, 2.75) is 26.7 Å². The van der Waals surface area contributed by atoms with Gasteiger partial charge in [0, 0.05) is 43.6 Å². The molecule has 2 aliphatic rings. The molecule has 1 unspecified atom stereocenters. The van der Waals surface area contributed by atoms with Gasteiger partial charge < -0.3 is 14.5 Å². The number of amides is 1. The van der Waals surface area contributed by atoms with E-state index in [2.05, 4.69) is 47.1 Å². The fourth-order valence-electron chi connectivity index (χ4n) is 4.04. The zero-order valence-corrected chi connectivity index (χ0v) is 16.1. The number of aromatic amines is 1. The monoisotopic (exact) mass is 368 g/mol. The van der Waals surface area contributed by atoms with Gasteiger partial charge in [-0.15, -0.1) is 0 Å². The number of aromatic nitrogens is 2. The molecule has 2 aliphatic heterocycles. The van der Waals surface area contributed by atoms with Gasteiger partial charge in [-0.1, -0.05) is 19.9 Å². The van der Waals surface area contributed by atoms with Crippen LogP contribution < -0.4 is 4.90 Å². The molecule has 0 spiro atoms. The Labute approximate surface area is 160 Å². The van der Waals surface area contributed by atoms with Gasteiger partial charge in [0.1, 0.15) is 0 Å². The van der Waals surface area contributed by atoms with Crippen molar-refractivity contribution in [3.05, 3.63) is 36.2 Å². The molecule has 3 heterocycles. The predicted molar refractivity (Wildman–Crippen MR) is 106 cm³/mol. The molecule has 1 aromatic heterocycles. The Morgan fingerprint density at radius 2 is 2.22 bits per heavy atom. The van der Waals surface area contributed by atoms with E-state index in [-0.39, 0.29) is 6.09 Å². The van der Waals surface area contributed by atoms with Crippen LogP contribution in [-0.2, 0) is 11.2 Å². The van der Waals surface area contributed by atoms with Crippen molar-refractivity contribution in [3.8, 4) is 11.1 Å². The van der Waals surface area contributed by atoms with Gasteiger partial charge in [-0.05, 0) is 47.9 Å². The highest BCUT2D eigenvalue weighted by Crippen LogP contribution is 2.33. The maximum atomic E-state index is 12.2. The standard InChI is InChI=1S/C21H28N4O2/c1-15(2)14-27-21(26)25-7-5-16(13-25)12-24-8-6-18-9-17(3-4-20(18)24)19-10-22-23-11-19/h3-4,9-11,15-16H,5-8,12-14H2,1-2H3,(H,22,23). The van der Waals surface area contributed by atoms with Crippen molar-refractivity contribution in [1.82, 2.24) is 15.1 Å². The van der Waals surface area contributed by atoms with Crippen molar-refractivity contribution < 1.29 is 9.53 Å². The van der Waals surface area contributed by atoms with Crippen LogP contribution in [0.15, 0.2) is 30.6 Å². The third-order valence-electron chi connectivity index (χ3n) is 5.47. The highest BCUT2D eigenvalue weighted by molar-refractivity contribution is 5.70. The summed E-state index contributed by atoms with van der Waals surface area (Å²) in [5, 5.41) is 6.92. The number of carbonyl (C=O) groups is 1. The maximum absolute atomic E-state index is 12.2. The van der Waals surface area contributed by atoms with Crippen LogP contribution in [-0.4, -0.2) is 54.0 Å². The molecular weight excluding hydrogens is 340 g/mol.